The summed E-state index contributed by atoms with van der Waals surface area (Å²) in [6.45, 7) is 37.6. The van der Waals surface area contributed by atoms with Crippen LogP contribution in [-0.2, 0) is 52.3 Å². The summed E-state index contributed by atoms with van der Waals surface area (Å²) in [6, 6.07) is 20.2. The summed E-state index contributed by atoms with van der Waals surface area (Å²) >= 11 is 0. The fourth-order valence-electron chi connectivity index (χ4n) is 24.6. The van der Waals surface area contributed by atoms with E-state index in [-0.39, 0.29) is 81.0 Å². The first kappa shape index (κ1) is 69.6. The molecule has 0 radical (unpaired) electrons. The van der Waals surface area contributed by atoms with Crippen molar-refractivity contribution >= 4 is 17.7 Å². The third-order valence-corrected chi connectivity index (χ3v) is 30.0. The SMILES string of the molecule is C.C.CC1(C)CC[C@]2(c3nnco3)CC[C@]3(C)C(=CCC4[C@@]5(C)Cc6c(N)n[nH]c6C(C)(C)C5CC[C@]43C)C2C1.CC1(C)CC[C@]2(c3nnco3)CC[C@]3(C)C(=CCC4[C@@]5(C)Cc6c(NC(=O)OCc7ccccc7)n[nH]c6C(C)(C)C5CC[C@]43C)C2C1.CCc1ccccc1. The summed E-state index contributed by atoms with van der Waals surface area (Å²) in [4.78, 5) is 13.0. The van der Waals surface area contributed by atoms with Crippen LogP contribution < -0.4 is 11.1 Å². The van der Waals surface area contributed by atoms with E-state index in [0.717, 1.165) is 99.2 Å². The van der Waals surface area contributed by atoms with Gasteiger partial charge >= 0.3 is 6.09 Å². The zero-order chi connectivity index (χ0) is 66.5. The van der Waals surface area contributed by atoms with Crippen molar-refractivity contribution in [2.75, 3.05) is 11.1 Å². The van der Waals surface area contributed by atoms with E-state index in [1.807, 2.05) is 36.4 Å². The molecule has 5 N–H and O–H groups in total. The summed E-state index contributed by atoms with van der Waals surface area (Å²) in [5, 5.41) is 36.4. The second-order valence-electron chi connectivity index (χ2n) is 35.9. The predicted molar refractivity (Wildman–Crippen MR) is 384 cm³/mol. The number of fused-ring (bicyclic) bond motifs is 16. The molecule has 2 aromatic carbocycles. The molecule has 6 fully saturated rings. The second kappa shape index (κ2) is 24.0. The number of hydrogen-bond acceptors (Lipinski definition) is 11. The summed E-state index contributed by atoms with van der Waals surface area (Å²) in [5.41, 5.74) is 18.5. The number of allylic oxidation sites excluding steroid dienone is 4. The molecule has 10 aliphatic carbocycles. The number of nitrogens with one attached hydrogen (secondary N) is 3. The lowest BCUT2D eigenvalue weighted by Crippen LogP contribution is -2.64. The van der Waals surface area contributed by atoms with E-state index in [4.69, 9.17) is 24.4 Å². The fourth-order valence-corrected chi connectivity index (χ4v) is 24.6. The third-order valence-electron chi connectivity index (χ3n) is 30.0. The van der Waals surface area contributed by atoms with E-state index >= 15 is 0 Å². The zero-order valence-corrected chi connectivity index (χ0v) is 59.6. The predicted octanol–water partition coefficient (Wildman–Crippen LogP) is 20.0. The molecule has 16 rings (SSSR count). The molecule has 14 heteroatoms. The molecule has 14 nitrogen and oxygen atoms in total. The van der Waals surface area contributed by atoms with Crippen molar-refractivity contribution in [2.45, 2.75) is 269 Å². The molecule has 6 saturated carbocycles. The van der Waals surface area contributed by atoms with Crippen LogP contribution in [0.15, 0.2) is 106 Å². The number of nitrogens with zero attached hydrogens (tertiary/aromatic N) is 6. The normalized spacial score (nSPS) is 37.2. The number of aromatic nitrogens is 8. The van der Waals surface area contributed by atoms with Gasteiger partial charge in [0.1, 0.15) is 12.4 Å². The zero-order valence-electron chi connectivity index (χ0n) is 59.6. The summed E-state index contributed by atoms with van der Waals surface area (Å²) < 4.78 is 17.7. The Labute approximate surface area is 575 Å². The number of aryl methyl sites for hydroxylation is 1. The van der Waals surface area contributed by atoms with Crippen LogP contribution in [-0.4, -0.2) is 46.9 Å². The molecule has 96 heavy (non-hydrogen) atoms. The molecule has 1 amide bonds. The monoisotopic (exact) mass is 1310 g/mol. The van der Waals surface area contributed by atoms with Crippen molar-refractivity contribution in [3.05, 3.63) is 142 Å². The van der Waals surface area contributed by atoms with Crippen LogP contribution in [0.1, 0.15) is 267 Å². The van der Waals surface area contributed by atoms with Gasteiger partial charge < -0.3 is 19.3 Å². The number of hydrogen-bond donors (Lipinski definition) is 4. The number of nitrogens with two attached hydrogens (primary N) is 1. The standard InChI is InChI=1S/C40H53N5O3.C32H47N5O.C8H10.2CH4/c1-35(2)17-19-40(33-45-41-24-48-33)20-18-38(6)27(28(40)22-35)13-14-30-37(5)21-26-31(36(3,4)29(37)15-16-39(30,38)7)43-44-32(26)42-34(46)47-23-25-11-9-8-10-12-25;1-27(2)12-14-32(26-37-34-18-38-26)15-13-30(6)20(21(32)17-27)8-9-23-29(5)16-19-24(35-36-25(19)33)28(3,4)22(29)10-11-31(23,30)7;1-2-8-6-4-3-5-7-8;;/h8-13,24,28-30H,14-23H2,1-7H3,(H2,42,43,44,46);8,18,21-23H,9-17H2,1-7H3,(H3,33,35,36);3-7H,2H2,1H3;2*1H4/t28?,29?,30?,37-,38+,39+,40-;21?,22?,23?,29-,30+,31+,32-;;;/m00.../s1. The summed E-state index contributed by atoms with van der Waals surface area (Å²) in [6.07, 6.45) is 29.9. The van der Waals surface area contributed by atoms with Gasteiger partial charge in [0.25, 0.3) is 0 Å². The highest BCUT2D eigenvalue weighted by Gasteiger charge is 2.72. The van der Waals surface area contributed by atoms with Gasteiger partial charge in [0.2, 0.25) is 24.6 Å². The van der Waals surface area contributed by atoms with Gasteiger partial charge in [-0.3, -0.25) is 15.5 Å². The molecule has 6 aromatic rings. The molecule has 520 valence electrons. The lowest BCUT2D eigenvalue weighted by atomic mass is 9.33. The minimum absolute atomic E-state index is 0. The van der Waals surface area contributed by atoms with Crippen LogP contribution in [0.4, 0.5) is 16.4 Å². The molecule has 4 aromatic heterocycles. The Kier molecular flexibility index (Phi) is 17.4. The number of benzene rings is 2. The highest BCUT2D eigenvalue weighted by molar-refractivity contribution is 5.84. The van der Waals surface area contributed by atoms with E-state index < -0.39 is 6.09 Å². The van der Waals surface area contributed by atoms with Crippen LogP contribution in [0.2, 0.25) is 0 Å². The lowest BCUT2D eigenvalue weighted by molar-refractivity contribution is -0.155. The molecule has 0 bridgehead atoms. The molecule has 0 spiro atoms. The molecule has 4 heterocycles. The topological polar surface area (TPSA) is 200 Å². The van der Waals surface area contributed by atoms with Crippen LogP contribution in [0, 0.1) is 78.8 Å². The Morgan fingerprint density at radius 3 is 1.45 bits per heavy atom. The maximum Gasteiger partial charge on any atom is 0.413 e. The van der Waals surface area contributed by atoms with Crippen molar-refractivity contribution in [2.24, 2.45) is 78.8 Å². The number of rotatable bonds is 6. The van der Waals surface area contributed by atoms with E-state index in [1.165, 1.54) is 74.6 Å². The van der Waals surface area contributed by atoms with Gasteiger partial charge in [0, 0.05) is 33.3 Å². The minimum Gasteiger partial charge on any atom is -0.444 e. The molecule has 0 aliphatic heterocycles. The number of anilines is 2. The van der Waals surface area contributed by atoms with Crippen LogP contribution in [0.25, 0.3) is 0 Å². The lowest BCUT2D eigenvalue weighted by Gasteiger charge is -2.70. The maximum absolute atomic E-state index is 13.0. The van der Waals surface area contributed by atoms with E-state index in [2.05, 4.69) is 181 Å². The highest BCUT2D eigenvalue weighted by Crippen LogP contribution is 2.78. The average molecular weight is 1310 g/mol. The number of aromatic amines is 2. The van der Waals surface area contributed by atoms with Gasteiger partial charge in [0.15, 0.2) is 5.82 Å². The first-order chi connectivity index (χ1) is 44.5. The molecule has 6 unspecified atom stereocenters. The van der Waals surface area contributed by atoms with E-state index in [0.29, 0.717) is 52.6 Å². The number of carbonyl (C=O) groups excluding carboxylic acids is 1. The number of carbonyl (C=O) groups is 1. The van der Waals surface area contributed by atoms with Crippen molar-refractivity contribution in [3.63, 3.8) is 0 Å². The quantitative estimate of drug-likeness (QED) is 0.116. The first-order valence-electron chi connectivity index (χ1n) is 36.3. The second-order valence-corrected chi connectivity index (χ2v) is 35.9. The fraction of sp³-hybridized carbons (Fsp3) is 0.671. The number of amides is 1. The van der Waals surface area contributed by atoms with Crippen molar-refractivity contribution in [3.8, 4) is 0 Å². The Bertz CT molecular complexity index is 3840. The van der Waals surface area contributed by atoms with E-state index in [1.54, 1.807) is 17.5 Å². The number of ether oxygens (including phenoxy) is 1. The van der Waals surface area contributed by atoms with Gasteiger partial charge in [-0.25, -0.2) is 4.79 Å². The van der Waals surface area contributed by atoms with Crippen LogP contribution >= 0.6 is 0 Å². The van der Waals surface area contributed by atoms with Crippen molar-refractivity contribution in [1.29, 1.82) is 0 Å². The van der Waals surface area contributed by atoms with Gasteiger partial charge in [-0.1, -0.05) is 203 Å². The van der Waals surface area contributed by atoms with Crippen LogP contribution in [0.3, 0.4) is 0 Å². The van der Waals surface area contributed by atoms with Gasteiger partial charge in [-0.2, -0.15) is 10.2 Å². The Hall–Kier alpha value is -6.31. The average Bonchev–Trinajstić information content (AvgIpc) is 0.774. The molecular formula is C82H118N10O4. The number of H-pyrrole nitrogens is 2. The van der Waals surface area contributed by atoms with Crippen molar-refractivity contribution < 1.29 is 18.4 Å². The van der Waals surface area contributed by atoms with Crippen LogP contribution in [0.5, 0.6) is 0 Å². The largest absolute Gasteiger partial charge is 0.444 e. The molecule has 0 saturated heterocycles. The maximum atomic E-state index is 13.0. The van der Waals surface area contributed by atoms with E-state index in [9.17, 15) is 4.79 Å². The summed E-state index contributed by atoms with van der Waals surface area (Å²) in [5.74, 6) is 6.23. The van der Waals surface area contributed by atoms with Gasteiger partial charge in [-0.15, -0.1) is 20.4 Å². The Balaban J connectivity index is 0.000000164. The molecule has 14 atom stereocenters. The minimum atomic E-state index is -0.466. The van der Waals surface area contributed by atoms with Gasteiger partial charge in [-0.05, 0) is 212 Å². The Morgan fingerprint density at radius 2 is 1.00 bits per heavy atom. The first-order valence-corrected chi connectivity index (χ1v) is 36.3. The van der Waals surface area contributed by atoms with Crippen molar-refractivity contribution in [1.82, 2.24) is 40.8 Å². The smallest absolute Gasteiger partial charge is 0.413 e. The number of nitrogen functional groups attached to an aromatic ring is 1. The molecule has 10 aliphatic rings. The highest BCUT2D eigenvalue weighted by atomic mass is 16.5. The van der Waals surface area contributed by atoms with Gasteiger partial charge in [0.05, 0.1) is 10.8 Å². The molecular weight excluding hydrogens is 1190 g/mol. The summed E-state index contributed by atoms with van der Waals surface area (Å²) in [7, 11) is 0. The third kappa shape index (κ3) is 10.3. The Morgan fingerprint density at radius 1 is 0.562 bits per heavy atom.